The summed E-state index contributed by atoms with van der Waals surface area (Å²) in [6.45, 7) is 0.0176. The van der Waals surface area contributed by atoms with Crippen molar-refractivity contribution in [3.8, 4) is 0 Å². The van der Waals surface area contributed by atoms with Crippen molar-refractivity contribution in [2.45, 2.75) is 12.8 Å². The molecule has 0 bridgehead atoms. The normalized spacial score (nSPS) is 11.0. The molecular weight excluding hydrogens is 306 g/mol. The Hall–Kier alpha value is -2.03. The van der Waals surface area contributed by atoms with Crippen LogP contribution in [0.5, 0.6) is 0 Å². The van der Waals surface area contributed by atoms with Gasteiger partial charge >= 0.3 is 0 Å². The van der Waals surface area contributed by atoms with E-state index < -0.39 is 6.29 Å². The van der Waals surface area contributed by atoms with Crippen molar-refractivity contribution in [3.63, 3.8) is 0 Å². The topological polar surface area (TPSA) is 85.4 Å². The molecule has 1 heterocycles. The van der Waals surface area contributed by atoms with Crippen LogP contribution in [-0.2, 0) is 20.8 Å². The van der Waals surface area contributed by atoms with Crippen LogP contribution < -0.4 is 10.9 Å². The smallest absolute Gasteiger partial charge is 0.262 e. The number of hydrogen-bond donors (Lipinski definition) is 2. The molecule has 2 aromatic rings. The van der Waals surface area contributed by atoms with Crippen LogP contribution in [0, 0.1) is 4.77 Å². The lowest BCUT2D eigenvalue weighted by Gasteiger charge is -2.14. The number of methoxy groups -OCH3 is 2. The Kier molecular flexibility index (Phi) is 5.42. The molecule has 0 atom stereocenters. The van der Waals surface area contributed by atoms with Crippen LogP contribution in [0.3, 0.4) is 0 Å². The second-order valence-electron chi connectivity index (χ2n) is 4.57. The highest BCUT2D eigenvalue weighted by Gasteiger charge is 2.11. The van der Waals surface area contributed by atoms with E-state index in [-0.39, 0.29) is 29.3 Å². The number of nitrogens with zero attached hydrogens (tertiary/aromatic N) is 1. The predicted octanol–water partition coefficient (Wildman–Crippen LogP) is 0.794. The first kappa shape index (κ1) is 16.3. The summed E-state index contributed by atoms with van der Waals surface area (Å²) in [5, 5.41) is 3.11. The van der Waals surface area contributed by atoms with Crippen molar-refractivity contribution >= 4 is 29.0 Å². The number of nitrogens with one attached hydrogen (secondary N) is 2. The van der Waals surface area contributed by atoms with Gasteiger partial charge in [0.2, 0.25) is 5.91 Å². The zero-order valence-corrected chi connectivity index (χ0v) is 13.1. The van der Waals surface area contributed by atoms with Gasteiger partial charge in [0, 0.05) is 14.2 Å². The van der Waals surface area contributed by atoms with E-state index >= 15 is 0 Å². The SMILES string of the molecule is COC(CNC(=O)Cn1c(=S)[nH]c2ccccc2c1=O)OC. The van der Waals surface area contributed by atoms with Crippen LogP contribution in [0.4, 0.5) is 0 Å². The van der Waals surface area contributed by atoms with Crippen molar-refractivity contribution in [2.75, 3.05) is 20.8 Å². The molecule has 22 heavy (non-hydrogen) atoms. The van der Waals surface area contributed by atoms with E-state index in [1.807, 2.05) is 0 Å². The molecule has 7 nitrogen and oxygen atoms in total. The summed E-state index contributed by atoms with van der Waals surface area (Å²) in [5.41, 5.74) is 0.345. The lowest BCUT2D eigenvalue weighted by atomic mass is 10.2. The molecule has 0 aliphatic heterocycles. The van der Waals surface area contributed by atoms with Crippen molar-refractivity contribution in [1.29, 1.82) is 0 Å². The van der Waals surface area contributed by atoms with Crippen LogP contribution in [-0.4, -0.2) is 42.5 Å². The number of rotatable bonds is 6. The van der Waals surface area contributed by atoms with Gasteiger partial charge in [-0.25, -0.2) is 0 Å². The van der Waals surface area contributed by atoms with E-state index in [9.17, 15) is 9.59 Å². The van der Waals surface area contributed by atoms with E-state index in [2.05, 4.69) is 10.3 Å². The molecule has 0 aliphatic rings. The van der Waals surface area contributed by atoms with E-state index in [1.54, 1.807) is 24.3 Å². The van der Waals surface area contributed by atoms with E-state index in [0.717, 1.165) is 0 Å². The molecule has 0 fully saturated rings. The first-order valence-electron chi connectivity index (χ1n) is 6.61. The molecule has 2 rings (SSSR count). The minimum atomic E-state index is -0.535. The third-order valence-electron chi connectivity index (χ3n) is 3.18. The predicted molar refractivity (Wildman–Crippen MR) is 84.2 cm³/mol. The van der Waals surface area contributed by atoms with Crippen molar-refractivity contribution in [2.24, 2.45) is 0 Å². The molecule has 1 aromatic carbocycles. The van der Waals surface area contributed by atoms with Crippen molar-refractivity contribution in [3.05, 3.63) is 39.4 Å². The van der Waals surface area contributed by atoms with Crippen LogP contribution >= 0.6 is 12.2 Å². The maximum atomic E-state index is 12.4. The molecule has 1 amide bonds. The molecule has 0 spiro atoms. The molecule has 0 saturated heterocycles. The number of aromatic nitrogens is 2. The van der Waals surface area contributed by atoms with E-state index in [0.29, 0.717) is 10.9 Å². The Bertz CT molecular complexity index is 779. The number of H-pyrrole nitrogens is 1. The zero-order valence-electron chi connectivity index (χ0n) is 12.3. The minimum absolute atomic E-state index is 0.168. The fourth-order valence-electron chi connectivity index (χ4n) is 2.00. The van der Waals surface area contributed by atoms with Gasteiger partial charge in [0.1, 0.15) is 6.54 Å². The highest BCUT2D eigenvalue weighted by atomic mass is 32.1. The van der Waals surface area contributed by atoms with Gasteiger partial charge in [-0.15, -0.1) is 0 Å². The molecule has 0 aliphatic carbocycles. The summed E-state index contributed by atoms with van der Waals surface area (Å²) in [6, 6.07) is 7.01. The number of para-hydroxylation sites is 1. The fourth-order valence-corrected chi connectivity index (χ4v) is 2.26. The van der Waals surface area contributed by atoms with Crippen LogP contribution in [0.1, 0.15) is 0 Å². The Morgan fingerprint density at radius 1 is 1.36 bits per heavy atom. The van der Waals surface area contributed by atoms with Gasteiger partial charge in [-0.2, -0.15) is 0 Å². The number of carbonyl (C=O) groups excluding carboxylic acids is 1. The molecule has 8 heteroatoms. The van der Waals surface area contributed by atoms with Crippen LogP contribution in [0.2, 0.25) is 0 Å². The highest BCUT2D eigenvalue weighted by molar-refractivity contribution is 7.71. The van der Waals surface area contributed by atoms with Gasteiger partial charge in [0.25, 0.3) is 5.56 Å². The molecule has 0 unspecified atom stereocenters. The van der Waals surface area contributed by atoms with Crippen LogP contribution in [0.15, 0.2) is 29.1 Å². The van der Waals surface area contributed by atoms with Crippen molar-refractivity contribution < 1.29 is 14.3 Å². The highest BCUT2D eigenvalue weighted by Crippen LogP contribution is 2.05. The molecule has 0 radical (unpaired) electrons. The van der Waals surface area contributed by atoms with E-state index in [4.69, 9.17) is 21.7 Å². The standard InChI is InChI=1S/C14H17N3O4S/c1-20-12(21-2)7-15-11(18)8-17-13(19)9-5-3-4-6-10(9)16-14(17)22/h3-6,12H,7-8H2,1-2H3,(H,15,18)(H,16,22). The Morgan fingerprint density at radius 2 is 2.05 bits per heavy atom. The van der Waals surface area contributed by atoms with Gasteiger partial charge in [-0.1, -0.05) is 12.1 Å². The van der Waals surface area contributed by atoms with E-state index in [1.165, 1.54) is 18.8 Å². The number of fused-ring (bicyclic) bond motifs is 1. The number of aromatic amines is 1. The van der Waals surface area contributed by atoms with Gasteiger partial charge in [-0.3, -0.25) is 14.2 Å². The second-order valence-corrected chi connectivity index (χ2v) is 4.96. The lowest BCUT2D eigenvalue weighted by molar-refractivity contribution is -0.128. The average molecular weight is 323 g/mol. The van der Waals surface area contributed by atoms with Crippen LogP contribution in [0.25, 0.3) is 10.9 Å². The quantitative estimate of drug-likeness (QED) is 0.606. The first-order chi connectivity index (χ1) is 10.6. The summed E-state index contributed by atoms with van der Waals surface area (Å²) < 4.78 is 11.4. The Balaban J connectivity index is 2.19. The van der Waals surface area contributed by atoms with Gasteiger partial charge in [0.05, 0.1) is 17.4 Å². The van der Waals surface area contributed by atoms with Gasteiger partial charge < -0.3 is 19.8 Å². The van der Waals surface area contributed by atoms with Crippen molar-refractivity contribution in [1.82, 2.24) is 14.9 Å². The second kappa shape index (κ2) is 7.30. The minimum Gasteiger partial charge on any atom is -0.354 e. The number of benzene rings is 1. The summed E-state index contributed by atoms with van der Waals surface area (Å²) in [5.74, 6) is -0.351. The zero-order chi connectivity index (χ0) is 16.1. The summed E-state index contributed by atoms with van der Waals surface area (Å²) in [6.07, 6.45) is -0.535. The maximum absolute atomic E-state index is 12.4. The third kappa shape index (κ3) is 3.59. The summed E-state index contributed by atoms with van der Waals surface area (Å²) >= 11 is 5.14. The number of hydrogen-bond acceptors (Lipinski definition) is 5. The fraction of sp³-hybridized carbons (Fsp3) is 0.357. The third-order valence-corrected chi connectivity index (χ3v) is 3.51. The number of carbonyl (C=O) groups is 1. The molecule has 2 N–H and O–H groups in total. The van der Waals surface area contributed by atoms with Gasteiger partial charge in [0.15, 0.2) is 11.1 Å². The molecule has 118 valence electrons. The Labute approximate surface area is 131 Å². The number of amides is 1. The first-order valence-corrected chi connectivity index (χ1v) is 7.01. The van der Waals surface area contributed by atoms with Gasteiger partial charge in [-0.05, 0) is 24.4 Å². The molecule has 1 aromatic heterocycles. The maximum Gasteiger partial charge on any atom is 0.262 e. The summed E-state index contributed by atoms with van der Waals surface area (Å²) in [4.78, 5) is 27.3. The largest absolute Gasteiger partial charge is 0.354 e. The average Bonchev–Trinajstić information content (AvgIpc) is 2.52. The molecular formula is C14H17N3O4S. The lowest BCUT2D eigenvalue weighted by Crippen LogP contribution is -2.38. The molecule has 0 saturated carbocycles. The summed E-state index contributed by atoms with van der Waals surface area (Å²) in [7, 11) is 2.95. The monoisotopic (exact) mass is 323 g/mol. The number of ether oxygens (including phenoxy) is 2. The Morgan fingerprint density at radius 3 is 2.73 bits per heavy atom.